The van der Waals surface area contributed by atoms with Crippen molar-refractivity contribution in [3.63, 3.8) is 0 Å². The summed E-state index contributed by atoms with van der Waals surface area (Å²) in [4.78, 5) is 0. The van der Waals surface area contributed by atoms with E-state index < -0.39 is 0 Å². The fourth-order valence-corrected chi connectivity index (χ4v) is 7.35. The summed E-state index contributed by atoms with van der Waals surface area (Å²) in [5, 5.41) is 0. The zero-order chi connectivity index (χ0) is 10.3. The van der Waals surface area contributed by atoms with Crippen molar-refractivity contribution in [3.8, 4) is 0 Å². The molecule has 0 nitrogen and oxygen atoms in total. The van der Waals surface area contributed by atoms with Gasteiger partial charge in [0.25, 0.3) is 0 Å². The summed E-state index contributed by atoms with van der Waals surface area (Å²) < 4.78 is 6.77. The van der Waals surface area contributed by atoms with Gasteiger partial charge in [-0.2, -0.15) is 0 Å². The SMILES string of the molecule is CC(C)c1cc2[se]c(C(C)C)cc2[se]1. The van der Waals surface area contributed by atoms with Gasteiger partial charge in [-0.1, -0.05) is 0 Å². The fraction of sp³-hybridized carbons (Fsp3) is 0.500. The van der Waals surface area contributed by atoms with Crippen LogP contribution in [0.2, 0.25) is 0 Å². The Morgan fingerprint density at radius 2 is 1.14 bits per heavy atom. The Morgan fingerprint density at radius 3 is 1.43 bits per heavy atom. The molecule has 2 rings (SSSR count). The minimum atomic E-state index is 0.655. The third-order valence-electron chi connectivity index (χ3n) is 2.38. The summed E-state index contributed by atoms with van der Waals surface area (Å²) >= 11 is 1.31. The van der Waals surface area contributed by atoms with Crippen LogP contribution in [0, 0.1) is 0 Å². The van der Waals surface area contributed by atoms with E-state index in [2.05, 4.69) is 39.8 Å². The minimum absolute atomic E-state index is 0.655. The van der Waals surface area contributed by atoms with E-state index in [1.165, 1.54) is 0 Å². The molecule has 2 aromatic heterocycles. The van der Waals surface area contributed by atoms with E-state index in [0.717, 1.165) is 11.8 Å². The molecule has 0 aliphatic rings. The molecule has 0 aromatic carbocycles. The van der Waals surface area contributed by atoms with Gasteiger partial charge in [0.05, 0.1) is 0 Å². The molecular formula is C12H16Se2. The van der Waals surface area contributed by atoms with Gasteiger partial charge in [0.1, 0.15) is 0 Å². The Bertz CT molecular complexity index is 363. The van der Waals surface area contributed by atoms with E-state index in [0.29, 0.717) is 29.0 Å². The molecule has 0 fully saturated rings. The van der Waals surface area contributed by atoms with Crippen LogP contribution in [0.1, 0.15) is 48.4 Å². The molecule has 2 aromatic rings. The average molecular weight is 318 g/mol. The molecule has 0 amide bonds. The molecule has 2 heteroatoms. The van der Waals surface area contributed by atoms with E-state index in [9.17, 15) is 0 Å². The molecule has 0 bridgehead atoms. The predicted molar refractivity (Wildman–Crippen MR) is 66.0 cm³/mol. The zero-order valence-corrected chi connectivity index (χ0v) is 12.6. The molecule has 0 spiro atoms. The Labute approximate surface area is 97.8 Å². The molecule has 76 valence electrons. The van der Waals surface area contributed by atoms with Crippen LogP contribution in [0.25, 0.3) is 8.52 Å². The summed E-state index contributed by atoms with van der Waals surface area (Å²) in [6.07, 6.45) is 0. The van der Waals surface area contributed by atoms with E-state index in [1.54, 1.807) is 17.4 Å². The summed E-state index contributed by atoms with van der Waals surface area (Å²) in [6, 6.07) is 4.98. The van der Waals surface area contributed by atoms with Crippen LogP contribution < -0.4 is 0 Å². The van der Waals surface area contributed by atoms with Crippen molar-refractivity contribution in [2.24, 2.45) is 0 Å². The maximum atomic E-state index is 2.49. The second-order valence-corrected chi connectivity index (χ2v) is 9.02. The summed E-state index contributed by atoms with van der Waals surface area (Å²) in [6.45, 7) is 9.26. The number of hydrogen-bond acceptors (Lipinski definition) is 0. The van der Waals surface area contributed by atoms with E-state index in [1.807, 2.05) is 0 Å². The first-order chi connectivity index (χ1) is 6.58. The molecule has 0 unspecified atom stereocenters. The van der Waals surface area contributed by atoms with E-state index in [-0.39, 0.29) is 0 Å². The van der Waals surface area contributed by atoms with Crippen LogP contribution in [-0.4, -0.2) is 29.0 Å². The van der Waals surface area contributed by atoms with Crippen LogP contribution in [0.4, 0.5) is 0 Å². The Morgan fingerprint density at radius 1 is 0.786 bits per heavy atom. The molecule has 0 saturated heterocycles. The Hall–Kier alpha value is 0.259. The van der Waals surface area contributed by atoms with Crippen LogP contribution in [0.15, 0.2) is 12.1 Å². The fourth-order valence-electron chi connectivity index (χ4n) is 1.44. The van der Waals surface area contributed by atoms with Crippen LogP contribution in [0.3, 0.4) is 0 Å². The van der Waals surface area contributed by atoms with Crippen molar-refractivity contribution < 1.29 is 0 Å². The summed E-state index contributed by atoms with van der Waals surface area (Å²) in [7, 11) is 0. The molecule has 0 N–H and O–H groups in total. The molecule has 2 heterocycles. The van der Waals surface area contributed by atoms with Crippen LogP contribution in [0.5, 0.6) is 0 Å². The van der Waals surface area contributed by atoms with Gasteiger partial charge in [-0.05, 0) is 0 Å². The van der Waals surface area contributed by atoms with Crippen molar-refractivity contribution >= 4 is 37.5 Å². The third-order valence-corrected chi connectivity index (χ3v) is 8.84. The van der Waals surface area contributed by atoms with Crippen molar-refractivity contribution in [2.45, 2.75) is 39.5 Å². The van der Waals surface area contributed by atoms with Gasteiger partial charge in [0.15, 0.2) is 0 Å². The van der Waals surface area contributed by atoms with Gasteiger partial charge in [0, 0.05) is 0 Å². The van der Waals surface area contributed by atoms with Crippen LogP contribution in [-0.2, 0) is 0 Å². The number of fused-ring (bicyclic) bond motifs is 1. The maximum absolute atomic E-state index is 2.49. The van der Waals surface area contributed by atoms with Crippen molar-refractivity contribution in [3.05, 3.63) is 21.0 Å². The molecule has 0 aliphatic heterocycles. The molecular weight excluding hydrogens is 302 g/mol. The first-order valence-corrected chi connectivity index (χ1v) is 8.53. The standard InChI is InChI=1S/C12H16Se2/c1-7(2)9-5-11-12(13-9)6-10(14-11)8(3)4/h5-8H,1-4H3. The Balaban J connectivity index is 2.45. The molecule has 0 atom stereocenters. The van der Waals surface area contributed by atoms with E-state index in [4.69, 9.17) is 0 Å². The van der Waals surface area contributed by atoms with Gasteiger partial charge < -0.3 is 0 Å². The monoisotopic (exact) mass is 320 g/mol. The summed E-state index contributed by atoms with van der Waals surface area (Å²) in [5.74, 6) is 1.51. The molecule has 0 aliphatic carbocycles. The van der Waals surface area contributed by atoms with Gasteiger partial charge in [-0.25, -0.2) is 0 Å². The van der Waals surface area contributed by atoms with Gasteiger partial charge in [0.2, 0.25) is 0 Å². The van der Waals surface area contributed by atoms with Gasteiger partial charge >= 0.3 is 98.1 Å². The summed E-state index contributed by atoms with van der Waals surface area (Å²) in [5.41, 5.74) is 0. The van der Waals surface area contributed by atoms with Gasteiger partial charge in [-0.3, -0.25) is 0 Å². The Kier molecular flexibility index (Phi) is 3.09. The predicted octanol–water partition coefficient (Wildman–Crippen LogP) is 3.20. The molecule has 0 radical (unpaired) electrons. The number of rotatable bonds is 2. The van der Waals surface area contributed by atoms with Crippen molar-refractivity contribution in [1.29, 1.82) is 0 Å². The molecule has 14 heavy (non-hydrogen) atoms. The van der Waals surface area contributed by atoms with Gasteiger partial charge in [-0.15, -0.1) is 0 Å². The number of hydrogen-bond donors (Lipinski definition) is 0. The molecule has 0 saturated carbocycles. The zero-order valence-electron chi connectivity index (χ0n) is 9.13. The van der Waals surface area contributed by atoms with Crippen molar-refractivity contribution in [1.82, 2.24) is 0 Å². The van der Waals surface area contributed by atoms with E-state index >= 15 is 0 Å². The third kappa shape index (κ3) is 1.95. The second kappa shape index (κ2) is 4.02. The van der Waals surface area contributed by atoms with Crippen LogP contribution >= 0.6 is 0 Å². The normalized spacial score (nSPS) is 12.1. The van der Waals surface area contributed by atoms with Crippen molar-refractivity contribution in [2.75, 3.05) is 0 Å². The first kappa shape index (κ1) is 10.8. The first-order valence-electron chi connectivity index (χ1n) is 5.11. The topological polar surface area (TPSA) is 0 Å². The average Bonchev–Trinajstić information content (AvgIpc) is 2.57. The second-order valence-electron chi connectivity index (χ2n) is 4.34. The quantitative estimate of drug-likeness (QED) is 0.746.